The number of alkyl halides is 2. The molecule has 0 amide bonds. The third-order valence-electron chi connectivity index (χ3n) is 0.372. The number of hydrogen-bond acceptors (Lipinski definition) is 0. The van der Waals surface area contributed by atoms with Gasteiger partial charge in [0.25, 0.3) is 0 Å². The van der Waals surface area contributed by atoms with Gasteiger partial charge in [-0.3, -0.25) is 0 Å². The molecule has 0 aliphatic heterocycles. The molecule has 5 heteroatoms. The van der Waals surface area contributed by atoms with E-state index in [1.165, 1.54) is 0 Å². The van der Waals surface area contributed by atoms with E-state index in [0.29, 0.717) is 0 Å². The molecule has 0 bridgehead atoms. The zero-order valence-corrected chi connectivity index (χ0v) is 4.98. The van der Waals surface area contributed by atoms with Crippen LogP contribution >= 0.6 is 23.2 Å². The molecule has 0 aliphatic rings. The zero-order valence-electron chi connectivity index (χ0n) is 3.47. The zero-order chi connectivity index (χ0) is 6.73. The van der Waals surface area contributed by atoms with Crippen molar-refractivity contribution in [1.82, 2.24) is 0 Å². The van der Waals surface area contributed by atoms with E-state index in [0.717, 1.165) is 0 Å². The van der Waals surface area contributed by atoms with Crippen LogP contribution in [0.25, 0.3) is 0 Å². The van der Waals surface area contributed by atoms with Gasteiger partial charge in [-0.05, 0) is 11.6 Å². The van der Waals surface area contributed by atoms with Gasteiger partial charge in [-0.1, -0.05) is 11.6 Å². The van der Waals surface area contributed by atoms with Gasteiger partial charge >= 0.3 is 0 Å². The summed E-state index contributed by atoms with van der Waals surface area (Å²) in [6, 6.07) is 0. The van der Waals surface area contributed by atoms with Gasteiger partial charge in [-0.2, -0.15) is 4.39 Å². The van der Waals surface area contributed by atoms with E-state index >= 15 is 0 Å². The van der Waals surface area contributed by atoms with Crippen LogP contribution < -0.4 is 0 Å². The molecule has 1 atom stereocenters. The van der Waals surface area contributed by atoms with E-state index in [1.807, 2.05) is 0 Å². The van der Waals surface area contributed by atoms with Crippen molar-refractivity contribution in [3.8, 4) is 0 Å². The van der Waals surface area contributed by atoms with Crippen LogP contribution in [-0.2, 0) is 0 Å². The normalized spacial score (nSPS) is 17.6. The second-order valence-corrected chi connectivity index (χ2v) is 1.62. The van der Waals surface area contributed by atoms with E-state index in [-0.39, 0.29) is 0 Å². The molecule has 1 unspecified atom stereocenters. The molecular weight excluding hydrogens is 164 g/mol. The van der Waals surface area contributed by atoms with Gasteiger partial charge in [-0.15, -0.1) is 0 Å². The molecule has 0 spiro atoms. The third-order valence-corrected chi connectivity index (χ3v) is 0.744. The van der Waals surface area contributed by atoms with Crippen molar-refractivity contribution in [2.45, 2.75) is 5.63 Å². The molecule has 0 saturated heterocycles. The Hall–Kier alpha value is 0.110. The lowest BCUT2D eigenvalue weighted by Gasteiger charge is -1.90. The molecule has 0 aromatic rings. The second kappa shape index (κ2) is 3.20. The quantitative estimate of drug-likeness (QED) is 0.524. The maximum Gasteiger partial charge on any atom is 0.228 e. The van der Waals surface area contributed by atoms with E-state index in [1.54, 1.807) is 0 Å². The van der Waals surface area contributed by atoms with Crippen molar-refractivity contribution in [2.75, 3.05) is 0 Å². The second-order valence-electron chi connectivity index (χ2n) is 0.909. The van der Waals surface area contributed by atoms with Crippen LogP contribution in [0.5, 0.6) is 0 Å². The predicted octanol–water partition coefficient (Wildman–Crippen LogP) is 2.87. The first-order valence-corrected chi connectivity index (χ1v) is 2.36. The summed E-state index contributed by atoms with van der Waals surface area (Å²) in [6.07, 6.45) is 0. The smallest absolute Gasteiger partial charge is 0.222 e. The van der Waals surface area contributed by atoms with Crippen molar-refractivity contribution in [2.24, 2.45) is 0 Å². The first-order valence-electron chi connectivity index (χ1n) is 1.54. The van der Waals surface area contributed by atoms with Gasteiger partial charge in [0.2, 0.25) is 10.9 Å². The predicted molar refractivity (Wildman–Crippen MR) is 25.8 cm³/mol. The molecule has 0 heterocycles. The summed E-state index contributed by atoms with van der Waals surface area (Å²) in [6.45, 7) is 0. The maximum atomic E-state index is 11.5. The molecule has 0 fully saturated rings. The van der Waals surface area contributed by atoms with Gasteiger partial charge < -0.3 is 0 Å². The van der Waals surface area contributed by atoms with Gasteiger partial charge in [0.15, 0.2) is 5.83 Å². The van der Waals surface area contributed by atoms with Crippen LogP contribution in [0, 0.1) is 0 Å². The van der Waals surface area contributed by atoms with Crippen molar-refractivity contribution >= 4 is 23.2 Å². The molecule has 0 aromatic carbocycles. The Kier molecular flexibility index (Phi) is 3.24. The summed E-state index contributed by atoms with van der Waals surface area (Å²) >= 11 is 8.74. The van der Waals surface area contributed by atoms with Crippen LogP contribution in [-0.4, -0.2) is 5.63 Å². The van der Waals surface area contributed by atoms with Crippen LogP contribution in [0.2, 0.25) is 0 Å². The first-order chi connectivity index (χ1) is 3.55. The molecule has 0 aromatic heterocycles. The largest absolute Gasteiger partial charge is 0.228 e. The average molecular weight is 165 g/mol. The maximum absolute atomic E-state index is 11.5. The summed E-state index contributed by atoms with van der Waals surface area (Å²) in [5.74, 6) is -1.78. The van der Waals surface area contributed by atoms with Crippen molar-refractivity contribution in [1.29, 1.82) is 0 Å². The topological polar surface area (TPSA) is 0 Å². The Balaban J connectivity index is 4.00. The number of allylic oxidation sites excluding steroid dienone is 1. The van der Waals surface area contributed by atoms with E-state index in [2.05, 4.69) is 23.2 Å². The lowest BCUT2D eigenvalue weighted by molar-refractivity contribution is 0.402. The summed E-state index contributed by atoms with van der Waals surface area (Å²) in [4.78, 5) is 0. The molecule has 8 heavy (non-hydrogen) atoms. The molecule has 0 radical (unpaired) electrons. The Morgan fingerprint density at radius 1 is 1.38 bits per heavy atom. The molecule has 0 nitrogen and oxygen atoms in total. The minimum atomic E-state index is -2.48. The molecule has 0 aliphatic carbocycles. The molecule has 48 valence electrons. The standard InChI is InChI=1S/C3HCl2F3/c4-2(7)1(6)3(5)8/h2H. The highest BCUT2D eigenvalue weighted by molar-refractivity contribution is 6.29. The number of halogens is 5. The molecule has 0 N–H and O–H groups in total. The average Bonchev–Trinajstić information content (AvgIpc) is 1.64. The molecule has 0 saturated carbocycles. The Labute approximate surface area is 53.9 Å². The van der Waals surface area contributed by atoms with Crippen molar-refractivity contribution < 1.29 is 13.2 Å². The minimum absolute atomic E-state index is 1.74. The summed E-state index contributed by atoms with van der Waals surface area (Å²) in [5, 5.41) is -1.74. The fourth-order valence-corrected chi connectivity index (χ4v) is 0.330. The minimum Gasteiger partial charge on any atom is -0.222 e. The Morgan fingerprint density at radius 2 is 1.75 bits per heavy atom. The highest BCUT2D eigenvalue weighted by Gasteiger charge is 2.12. The molecule has 0 rings (SSSR count). The van der Waals surface area contributed by atoms with Crippen molar-refractivity contribution in [3.05, 3.63) is 11.1 Å². The highest BCUT2D eigenvalue weighted by atomic mass is 35.5. The summed E-state index contributed by atoms with van der Waals surface area (Å²) in [5.41, 5.74) is -2.48. The van der Waals surface area contributed by atoms with Crippen LogP contribution in [0.1, 0.15) is 0 Å². The van der Waals surface area contributed by atoms with E-state index in [9.17, 15) is 13.2 Å². The van der Waals surface area contributed by atoms with Gasteiger partial charge in [0, 0.05) is 0 Å². The Morgan fingerprint density at radius 3 is 1.75 bits per heavy atom. The van der Waals surface area contributed by atoms with Crippen LogP contribution in [0.4, 0.5) is 13.2 Å². The summed E-state index contributed by atoms with van der Waals surface area (Å²) < 4.78 is 34.2. The number of hydrogen-bond donors (Lipinski definition) is 0. The SMILES string of the molecule is FC(Cl)=C(F)C(F)Cl. The van der Waals surface area contributed by atoms with Gasteiger partial charge in [0.05, 0.1) is 0 Å². The van der Waals surface area contributed by atoms with E-state index < -0.39 is 16.7 Å². The van der Waals surface area contributed by atoms with Crippen molar-refractivity contribution in [3.63, 3.8) is 0 Å². The lowest BCUT2D eigenvalue weighted by Crippen LogP contribution is -1.88. The van der Waals surface area contributed by atoms with Gasteiger partial charge in [-0.25, -0.2) is 8.78 Å². The summed E-state index contributed by atoms with van der Waals surface area (Å²) in [7, 11) is 0. The van der Waals surface area contributed by atoms with Gasteiger partial charge in [0.1, 0.15) is 0 Å². The van der Waals surface area contributed by atoms with E-state index in [4.69, 9.17) is 0 Å². The third kappa shape index (κ3) is 2.43. The fourth-order valence-electron chi connectivity index (χ4n) is 0.0825. The fraction of sp³-hybridized carbons (Fsp3) is 0.333. The van der Waals surface area contributed by atoms with Crippen LogP contribution in [0.3, 0.4) is 0 Å². The highest BCUT2D eigenvalue weighted by Crippen LogP contribution is 2.20. The monoisotopic (exact) mass is 164 g/mol. The Bertz CT molecular complexity index is 105. The van der Waals surface area contributed by atoms with Crippen LogP contribution in [0.15, 0.2) is 11.1 Å². The first kappa shape index (κ1) is 8.11. The lowest BCUT2D eigenvalue weighted by atomic mass is 10.6. The number of rotatable bonds is 1. The molecular formula is C3HCl2F3.